The van der Waals surface area contributed by atoms with Crippen LogP contribution in [-0.2, 0) is 22.9 Å². The fraction of sp³-hybridized carbons (Fsp3) is 0.167. The number of carboxylic acids is 1. The van der Waals surface area contributed by atoms with Crippen LogP contribution in [0.4, 0.5) is 17.6 Å². The Kier molecular flexibility index (Phi) is 5.60. The van der Waals surface area contributed by atoms with Gasteiger partial charge < -0.3 is 10.2 Å². The summed E-state index contributed by atoms with van der Waals surface area (Å²) in [6, 6.07) is 3.80. The third-order valence-electron chi connectivity index (χ3n) is 4.20. The van der Waals surface area contributed by atoms with Crippen LogP contribution in [0.25, 0.3) is 6.08 Å². The SMILES string of the molecule is O=C(O)/C=C/c1ccc(C(F)(F)C(O)(Cn2cnnn2)c2ccc(F)cc2F)nc1. The molecular formula is C18H13F4N5O3. The number of tetrazole rings is 1. The van der Waals surface area contributed by atoms with Crippen LogP contribution in [-0.4, -0.2) is 41.4 Å². The highest BCUT2D eigenvalue weighted by Gasteiger charge is 2.57. The Hall–Kier alpha value is -3.67. The van der Waals surface area contributed by atoms with Gasteiger partial charge >= 0.3 is 11.9 Å². The van der Waals surface area contributed by atoms with E-state index in [0.29, 0.717) is 12.1 Å². The molecule has 0 aliphatic rings. The van der Waals surface area contributed by atoms with Crippen LogP contribution in [0, 0.1) is 11.6 Å². The summed E-state index contributed by atoms with van der Waals surface area (Å²) in [6.07, 6.45) is 3.82. The summed E-state index contributed by atoms with van der Waals surface area (Å²) in [5, 5.41) is 29.6. The number of hydrogen-bond acceptors (Lipinski definition) is 6. The number of hydrogen-bond donors (Lipinski definition) is 2. The lowest BCUT2D eigenvalue weighted by Crippen LogP contribution is -2.48. The number of rotatable bonds is 7. The molecular weight excluding hydrogens is 410 g/mol. The Labute approximate surface area is 166 Å². The number of aliphatic carboxylic acids is 1. The van der Waals surface area contributed by atoms with Gasteiger partial charge in [0.1, 0.15) is 23.7 Å². The smallest absolute Gasteiger partial charge is 0.328 e. The quantitative estimate of drug-likeness (QED) is 0.442. The summed E-state index contributed by atoms with van der Waals surface area (Å²) in [4.78, 5) is 14.1. The number of aromatic nitrogens is 5. The topological polar surface area (TPSA) is 114 Å². The molecule has 1 unspecified atom stereocenters. The molecule has 0 saturated carbocycles. The van der Waals surface area contributed by atoms with E-state index in [1.165, 1.54) is 0 Å². The van der Waals surface area contributed by atoms with Gasteiger partial charge in [-0.25, -0.2) is 18.3 Å². The molecule has 0 amide bonds. The van der Waals surface area contributed by atoms with E-state index in [2.05, 4.69) is 20.5 Å². The van der Waals surface area contributed by atoms with Gasteiger partial charge in [-0.2, -0.15) is 8.78 Å². The first-order valence-electron chi connectivity index (χ1n) is 8.27. The number of benzene rings is 1. The summed E-state index contributed by atoms with van der Waals surface area (Å²) < 4.78 is 59.3. The first-order chi connectivity index (χ1) is 14.1. The molecule has 0 fully saturated rings. The predicted molar refractivity (Wildman–Crippen MR) is 92.9 cm³/mol. The zero-order valence-electron chi connectivity index (χ0n) is 15.0. The minimum Gasteiger partial charge on any atom is -0.478 e. The molecule has 1 aromatic carbocycles. The first-order valence-corrected chi connectivity index (χ1v) is 8.27. The molecule has 3 rings (SSSR count). The zero-order valence-corrected chi connectivity index (χ0v) is 15.0. The lowest BCUT2D eigenvalue weighted by Gasteiger charge is -2.35. The van der Waals surface area contributed by atoms with Crippen molar-refractivity contribution in [1.82, 2.24) is 25.2 Å². The molecule has 0 saturated heterocycles. The molecule has 0 aliphatic heterocycles. The van der Waals surface area contributed by atoms with E-state index in [0.717, 1.165) is 47.6 Å². The molecule has 8 nitrogen and oxygen atoms in total. The molecule has 0 bridgehead atoms. The van der Waals surface area contributed by atoms with E-state index < -0.39 is 46.9 Å². The number of nitrogens with zero attached hydrogens (tertiary/aromatic N) is 5. The minimum atomic E-state index is -4.19. The molecule has 2 N–H and O–H groups in total. The molecule has 1 atom stereocenters. The van der Waals surface area contributed by atoms with Crippen LogP contribution in [0.1, 0.15) is 16.8 Å². The maximum absolute atomic E-state index is 15.4. The molecule has 0 aliphatic carbocycles. The zero-order chi connectivity index (χ0) is 21.9. The normalized spacial score (nSPS) is 14.0. The van der Waals surface area contributed by atoms with E-state index >= 15 is 8.78 Å². The molecule has 2 heterocycles. The van der Waals surface area contributed by atoms with E-state index in [9.17, 15) is 18.7 Å². The maximum atomic E-state index is 15.4. The Morgan fingerprint density at radius 1 is 1.20 bits per heavy atom. The van der Waals surface area contributed by atoms with Crippen LogP contribution in [0.2, 0.25) is 0 Å². The van der Waals surface area contributed by atoms with Crippen LogP contribution in [0.3, 0.4) is 0 Å². The highest BCUT2D eigenvalue weighted by Crippen LogP contribution is 2.46. The van der Waals surface area contributed by atoms with Gasteiger partial charge in [0.25, 0.3) is 0 Å². The van der Waals surface area contributed by atoms with Crippen LogP contribution >= 0.6 is 0 Å². The monoisotopic (exact) mass is 423 g/mol. The fourth-order valence-corrected chi connectivity index (χ4v) is 2.73. The summed E-state index contributed by atoms with van der Waals surface area (Å²) in [7, 11) is 0. The third kappa shape index (κ3) is 4.03. The third-order valence-corrected chi connectivity index (χ3v) is 4.20. The summed E-state index contributed by atoms with van der Waals surface area (Å²) in [5.74, 6) is -7.84. The molecule has 156 valence electrons. The van der Waals surface area contributed by atoms with E-state index in [1.54, 1.807) is 0 Å². The Morgan fingerprint density at radius 3 is 2.53 bits per heavy atom. The lowest BCUT2D eigenvalue weighted by molar-refractivity contribution is -0.207. The number of carbonyl (C=O) groups is 1. The van der Waals surface area contributed by atoms with E-state index in [4.69, 9.17) is 5.11 Å². The maximum Gasteiger partial charge on any atom is 0.328 e. The second-order valence-electron chi connectivity index (χ2n) is 6.21. The molecule has 0 radical (unpaired) electrons. The van der Waals surface area contributed by atoms with Crippen molar-refractivity contribution in [3.05, 3.63) is 77.4 Å². The fourth-order valence-electron chi connectivity index (χ4n) is 2.73. The number of alkyl halides is 2. The van der Waals surface area contributed by atoms with Gasteiger partial charge in [-0.3, -0.25) is 4.98 Å². The highest BCUT2D eigenvalue weighted by molar-refractivity contribution is 5.85. The Morgan fingerprint density at radius 2 is 1.97 bits per heavy atom. The minimum absolute atomic E-state index is 0.203. The molecule has 12 heteroatoms. The second-order valence-corrected chi connectivity index (χ2v) is 6.21. The molecule has 3 aromatic rings. The van der Waals surface area contributed by atoms with Crippen LogP contribution in [0.15, 0.2) is 48.9 Å². The van der Waals surface area contributed by atoms with Gasteiger partial charge in [0.15, 0.2) is 5.60 Å². The van der Waals surface area contributed by atoms with Gasteiger partial charge in [0.05, 0.1) is 6.54 Å². The molecule has 2 aromatic heterocycles. The van der Waals surface area contributed by atoms with E-state index in [-0.39, 0.29) is 5.56 Å². The van der Waals surface area contributed by atoms with Crippen molar-refractivity contribution in [3.63, 3.8) is 0 Å². The van der Waals surface area contributed by atoms with Gasteiger partial charge in [0.2, 0.25) is 0 Å². The average Bonchev–Trinajstić information content (AvgIpc) is 3.19. The van der Waals surface area contributed by atoms with E-state index in [1.807, 2.05) is 0 Å². The van der Waals surface area contributed by atoms with Crippen molar-refractivity contribution in [2.45, 2.75) is 18.1 Å². The number of carboxylic acid groups (broad SMARTS) is 1. The summed E-state index contributed by atoms with van der Waals surface area (Å²) in [5.41, 5.74) is -4.87. The standard InChI is InChI=1S/C18H13F4N5O3/c19-12-3-4-13(14(20)7-12)17(30,9-27-10-24-25-26-27)18(21,22)15-5-1-11(8-23-15)2-6-16(28)29/h1-8,10,30H,9H2,(H,28,29)/b6-2+. The van der Waals surface area contributed by atoms with Gasteiger partial charge in [0, 0.05) is 23.9 Å². The van der Waals surface area contributed by atoms with Crippen molar-refractivity contribution < 1.29 is 32.6 Å². The van der Waals surface area contributed by atoms with Crippen molar-refractivity contribution in [2.75, 3.05) is 0 Å². The molecule has 0 spiro atoms. The highest BCUT2D eigenvalue weighted by atomic mass is 19.3. The number of aliphatic hydroxyl groups is 1. The molecule has 30 heavy (non-hydrogen) atoms. The lowest BCUT2D eigenvalue weighted by atomic mass is 9.84. The van der Waals surface area contributed by atoms with Crippen LogP contribution in [0.5, 0.6) is 0 Å². The van der Waals surface area contributed by atoms with Crippen molar-refractivity contribution in [2.24, 2.45) is 0 Å². The summed E-state index contributed by atoms with van der Waals surface area (Å²) in [6.45, 7) is -0.974. The van der Waals surface area contributed by atoms with Crippen molar-refractivity contribution in [3.8, 4) is 0 Å². The van der Waals surface area contributed by atoms with Gasteiger partial charge in [-0.15, -0.1) is 5.10 Å². The van der Waals surface area contributed by atoms with Crippen molar-refractivity contribution >= 4 is 12.0 Å². The summed E-state index contributed by atoms with van der Waals surface area (Å²) >= 11 is 0. The van der Waals surface area contributed by atoms with Crippen LogP contribution < -0.4 is 0 Å². The average molecular weight is 423 g/mol. The Bertz CT molecular complexity index is 1070. The van der Waals surface area contributed by atoms with Crippen molar-refractivity contribution in [1.29, 1.82) is 0 Å². The number of pyridine rings is 1. The Balaban J connectivity index is 2.08. The van der Waals surface area contributed by atoms with Gasteiger partial charge in [-0.05, 0) is 40.3 Å². The largest absolute Gasteiger partial charge is 0.478 e. The first kappa shape index (κ1) is 21.0. The van der Waals surface area contributed by atoms with Gasteiger partial charge in [-0.1, -0.05) is 6.07 Å². The number of halogens is 4. The predicted octanol–water partition coefficient (Wildman–Crippen LogP) is 2.12. The second kappa shape index (κ2) is 7.99.